The fourth-order valence-electron chi connectivity index (χ4n) is 5.81. The highest BCUT2D eigenvalue weighted by atomic mass is 16.2. The Labute approximate surface area is 148 Å². The highest BCUT2D eigenvalue weighted by Gasteiger charge is 2.51. The summed E-state index contributed by atoms with van der Waals surface area (Å²) >= 11 is 0. The number of hydrogen-bond donors (Lipinski definition) is 2. The maximum atomic E-state index is 12.4. The summed E-state index contributed by atoms with van der Waals surface area (Å²) in [4.78, 5) is 24.6. The molecule has 0 unspecified atom stereocenters. The monoisotopic (exact) mass is 344 g/mol. The quantitative estimate of drug-likeness (QED) is 0.774. The van der Waals surface area contributed by atoms with Crippen LogP contribution in [-0.4, -0.2) is 33.2 Å². The van der Waals surface area contributed by atoms with Crippen molar-refractivity contribution < 1.29 is 9.59 Å². The smallest absolute Gasteiger partial charge is 0.229 e. The average Bonchev–Trinajstić information content (AvgIpc) is 2.97. The van der Waals surface area contributed by atoms with E-state index in [1.54, 1.807) is 10.9 Å². The molecule has 4 fully saturated rings. The van der Waals surface area contributed by atoms with Crippen molar-refractivity contribution in [2.45, 2.75) is 70.0 Å². The second kappa shape index (κ2) is 6.46. The normalized spacial score (nSPS) is 33.9. The zero-order valence-electron chi connectivity index (χ0n) is 14.9. The molecule has 0 aromatic carbocycles. The van der Waals surface area contributed by atoms with Crippen LogP contribution in [0.15, 0.2) is 18.5 Å². The molecule has 0 aliphatic heterocycles. The van der Waals surface area contributed by atoms with Gasteiger partial charge in [-0.15, -0.1) is 0 Å². The molecule has 1 aromatic heterocycles. The largest absolute Gasteiger partial charge is 0.351 e. The predicted molar refractivity (Wildman–Crippen MR) is 93.5 cm³/mol. The lowest BCUT2D eigenvalue weighted by Gasteiger charge is -2.56. The van der Waals surface area contributed by atoms with Crippen LogP contribution < -0.4 is 10.6 Å². The van der Waals surface area contributed by atoms with Gasteiger partial charge in [-0.1, -0.05) is 0 Å². The summed E-state index contributed by atoms with van der Waals surface area (Å²) in [7, 11) is 0. The van der Waals surface area contributed by atoms with Gasteiger partial charge in [0.1, 0.15) is 6.42 Å². The molecule has 4 saturated carbocycles. The highest BCUT2D eigenvalue weighted by Crippen LogP contribution is 2.55. The molecule has 136 valence electrons. The molecule has 4 aliphatic carbocycles. The number of rotatable bonds is 6. The SMILES string of the molecule is C[C@H](Cn1cccn1)NC(=O)CC(=O)NC12CC3CC(CC(C3)C1)C2. The van der Waals surface area contributed by atoms with Crippen molar-refractivity contribution in [1.82, 2.24) is 20.4 Å². The lowest BCUT2D eigenvalue weighted by molar-refractivity contribution is -0.132. The standard InChI is InChI=1S/C19H28N4O2/c1-13(12-23-4-2-3-20-23)21-17(24)8-18(25)22-19-9-14-5-15(10-19)7-16(6-14)11-19/h2-4,13-16H,5-12H2,1H3,(H,21,24)(H,22,25)/t13-,14?,15?,16?,19?/m1/s1. The van der Waals surface area contributed by atoms with Gasteiger partial charge in [0.25, 0.3) is 0 Å². The number of nitrogens with zero attached hydrogens (tertiary/aromatic N) is 2. The zero-order chi connectivity index (χ0) is 17.4. The summed E-state index contributed by atoms with van der Waals surface area (Å²) in [6.45, 7) is 2.53. The fraction of sp³-hybridized carbons (Fsp3) is 0.737. The number of carbonyl (C=O) groups is 2. The minimum absolute atomic E-state index is 0.0210. The Morgan fingerprint density at radius 3 is 2.36 bits per heavy atom. The van der Waals surface area contributed by atoms with E-state index in [2.05, 4.69) is 15.7 Å². The molecule has 1 heterocycles. The first-order valence-corrected chi connectivity index (χ1v) is 9.57. The Morgan fingerprint density at radius 1 is 1.16 bits per heavy atom. The van der Waals surface area contributed by atoms with Crippen LogP contribution in [0.3, 0.4) is 0 Å². The van der Waals surface area contributed by atoms with Crippen LogP contribution in [0.5, 0.6) is 0 Å². The lowest BCUT2D eigenvalue weighted by Crippen LogP contribution is -2.60. The summed E-state index contributed by atoms with van der Waals surface area (Å²) in [6.07, 6.45) is 10.9. The molecule has 6 nitrogen and oxygen atoms in total. The van der Waals surface area contributed by atoms with Crippen LogP contribution in [0.25, 0.3) is 0 Å². The minimum Gasteiger partial charge on any atom is -0.351 e. The van der Waals surface area contributed by atoms with Gasteiger partial charge in [-0.05, 0) is 69.3 Å². The number of amides is 2. The fourth-order valence-corrected chi connectivity index (χ4v) is 5.81. The third-order valence-corrected chi connectivity index (χ3v) is 6.19. The van der Waals surface area contributed by atoms with Crippen molar-refractivity contribution >= 4 is 11.8 Å². The molecule has 4 bridgehead atoms. The summed E-state index contributed by atoms with van der Waals surface area (Å²) in [5.41, 5.74) is -0.0210. The van der Waals surface area contributed by atoms with Crippen molar-refractivity contribution in [3.8, 4) is 0 Å². The van der Waals surface area contributed by atoms with Crippen LogP contribution in [-0.2, 0) is 16.1 Å². The maximum absolute atomic E-state index is 12.4. The molecular weight excluding hydrogens is 316 g/mol. The number of aromatic nitrogens is 2. The molecule has 6 heteroatoms. The van der Waals surface area contributed by atoms with E-state index in [0.717, 1.165) is 37.0 Å². The molecule has 5 rings (SSSR count). The first-order chi connectivity index (χ1) is 12.0. The summed E-state index contributed by atoms with van der Waals surface area (Å²) in [5.74, 6) is 2.03. The number of carbonyl (C=O) groups excluding carboxylic acids is 2. The minimum atomic E-state index is -0.207. The maximum Gasteiger partial charge on any atom is 0.229 e. The van der Waals surface area contributed by atoms with Crippen LogP contribution in [0.4, 0.5) is 0 Å². The van der Waals surface area contributed by atoms with Gasteiger partial charge in [-0.25, -0.2) is 0 Å². The molecular formula is C19H28N4O2. The molecule has 0 saturated heterocycles. The van der Waals surface area contributed by atoms with Gasteiger partial charge in [-0.3, -0.25) is 14.3 Å². The third-order valence-electron chi connectivity index (χ3n) is 6.19. The Kier molecular flexibility index (Phi) is 4.29. The second-order valence-corrected chi connectivity index (χ2v) is 8.62. The van der Waals surface area contributed by atoms with Crippen LogP contribution in [0.2, 0.25) is 0 Å². The summed E-state index contributed by atoms with van der Waals surface area (Å²) < 4.78 is 1.78. The number of hydrogen-bond acceptors (Lipinski definition) is 3. The van der Waals surface area contributed by atoms with Gasteiger partial charge < -0.3 is 10.6 Å². The second-order valence-electron chi connectivity index (χ2n) is 8.62. The lowest BCUT2D eigenvalue weighted by atomic mass is 9.53. The Balaban J connectivity index is 1.26. The predicted octanol–water partition coefficient (Wildman–Crippen LogP) is 1.86. The first-order valence-electron chi connectivity index (χ1n) is 9.57. The molecule has 0 radical (unpaired) electrons. The van der Waals surface area contributed by atoms with E-state index >= 15 is 0 Å². The first kappa shape index (κ1) is 16.6. The van der Waals surface area contributed by atoms with Crippen molar-refractivity contribution in [3.05, 3.63) is 18.5 Å². The summed E-state index contributed by atoms with van der Waals surface area (Å²) in [5, 5.41) is 10.3. The molecule has 1 aromatic rings. The Bertz CT molecular complexity index is 605. The van der Waals surface area contributed by atoms with Gasteiger partial charge in [-0.2, -0.15) is 5.10 Å². The van der Waals surface area contributed by atoms with Gasteiger partial charge in [0.15, 0.2) is 0 Å². The molecule has 25 heavy (non-hydrogen) atoms. The van der Waals surface area contributed by atoms with Crippen LogP contribution in [0.1, 0.15) is 51.9 Å². The molecule has 2 amide bonds. The van der Waals surface area contributed by atoms with E-state index in [-0.39, 0.29) is 29.8 Å². The molecule has 0 spiro atoms. The van der Waals surface area contributed by atoms with Gasteiger partial charge >= 0.3 is 0 Å². The van der Waals surface area contributed by atoms with Crippen molar-refractivity contribution in [3.63, 3.8) is 0 Å². The van der Waals surface area contributed by atoms with E-state index in [1.165, 1.54) is 19.3 Å². The molecule has 4 aliphatic rings. The van der Waals surface area contributed by atoms with Crippen molar-refractivity contribution in [2.24, 2.45) is 17.8 Å². The Morgan fingerprint density at radius 2 is 1.80 bits per heavy atom. The van der Waals surface area contributed by atoms with E-state index in [4.69, 9.17) is 0 Å². The third kappa shape index (κ3) is 3.72. The zero-order valence-corrected chi connectivity index (χ0v) is 14.9. The molecule has 2 N–H and O–H groups in total. The number of nitrogens with one attached hydrogen (secondary N) is 2. The van der Waals surface area contributed by atoms with E-state index in [9.17, 15) is 9.59 Å². The van der Waals surface area contributed by atoms with Crippen molar-refractivity contribution in [2.75, 3.05) is 0 Å². The van der Waals surface area contributed by atoms with E-state index in [1.807, 2.05) is 19.2 Å². The highest BCUT2D eigenvalue weighted by molar-refractivity contribution is 5.97. The van der Waals surface area contributed by atoms with Crippen molar-refractivity contribution in [1.29, 1.82) is 0 Å². The van der Waals surface area contributed by atoms with Gasteiger partial charge in [0.2, 0.25) is 11.8 Å². The Hall–Kier alpha value is -1.85. The topological polar surface area (TPSA) is 76.0 Å². The van der Waals surface area contributed by atoms with Crippen LogP contribution >= 0.6 is 0 Å². The molecule has 1 atom stereocenters. The van der Waals surface area contributed by atoms with Gasteiger partial charge in [0, 0.05) is 24.0 Å². The van der Waals surface area contributed by atoms with Gasteiger partial charge in [0.05, 0.1) is 6.54 Å². The van der Waals surface area contributed by atoms with E-state index in [0.29, 0.717) is 6.54 Å². The summed E-state index contributed by atoms with van der Waals surface area (Å²) in [6, 6.07) is 1.80. The average molecular weight is 344 g/mol. The van der Waals surface area contributed by atoms with E-state index < -0.39 is 0 Å². The van der Waals surface area contributed by atoms with Crippen LogP contribution in [0, 0.1) is 17.8 Å².